The Morgan fingerprint density at radius 1 is 1.23 bits per heavy atom. The van der Waals surface area contributed by atoms with Crippen molar-refractivity contribution in [2.75, 3.05) is 14.1 Å². The normalized spacial score (nSPS) is 11.5. The Labute approximate surface area is 79.9 Å². The van der Waals surface area contributed by atoms with Crippen molar-refractivity contribution in [1.29, 1.82) is 0 Å². The van der Waals surface area contributed by atoms with E-state index < -0.39 is 0 Å². The predicted octanol–water partition coefficient (Wildman–Crippen LogP) is 2.17. The van der Waals surface area contributed by atoms with Crippen molar-refractivity contribution in [3.8, 4) is 0 Å². The zero-order chi connectivity index (χ0) is 9.68. The summed E-state index contributed by atoms with van der Waals surface area (Å²) in [5.41, 5.74) is 2.45. The van der Waals surface area contributed by atoms with Crippen molar-refractivity contribution < 1.29 is 0 Å². The van der Waals surface area contributed by atoms with Crippen LogP contribution in [0.15, 0.2) is 35.4 Å². The van der Waals surface area contributed by atoms with E-state index in [-0.39, 0.29) is 0 Å². The third-order valence-corrected chi connectivity index (χ3v) is 1.67. The summed E-state index contributed by atoms with van der Waals surface area (Å²) in [6, 6.07) is 10.4. The highest BCUT2D eigenvalue weighted by Gasteiger charge is 1.94. The van der Waals surface area contributed by atoms with E-state index in [2.05, 4.69) is 29.4 Å². The third kappa shape index (κ3) is 3.74. The fourth-order valence-electron chi connectivity index (χ4n) is 1.27. The molecule has 0 spiro atoms. The summed E-state index contributed by atoms with van der Waals surface area (Å²) in [6.07, 6.45) is 0.930. The van der Waals surface area contributed by atoms with E-state index in [0.717, 1.165) is 12.1 Å². The summed E-state index contributed by atoms with van der Waals surface area (Å²) in [6.45, 7) is 2.05. The van der Waals surface area contributed by atoms with Gasteiger partial charge in [0.1, 0.15) is 0 Å². The molecule has 0 aliphatic heterocycles. The lowest BCUT2D eigenvalue weighted by atomic mass is 10.1. The fourth-order valence-corrected chi connectivity index (χ4v) is 1.27. The highest BCUT2D eigenvalue weighted by molar-refractivity contribution is 5.83. The Morgan fingerprint density at radius 3 is 2.38 bits per heavy atom. The maximum atomic E-state index is 4.32. The van der Waals surface area contributed by atoms with Gasteiger partial charge in [0.2, 0.25) is 0 Å². The molecule has 0 unspecified atom stereocenters. The van der Waals surface area contributed by atoms with Gasteiger partial charge in [-0.15, -0.1) is 0 Å². The summed E-state index contributed by atoms with van der Waals surface area (Å²) in [4.78, 5) is 0. The average molecular weight is 176 g/mol. The van der Waals surface area contributed by atoms with E-state index in [1.165, 1.54) is 5.56 Å². The number of nitrogens with zero attached hydrogens (tertiary/aromatic N) is 2. The van der Waals surface area contributed by atoms with Gasteiger partial charge in [0.05, 0.1) is 0 Å². The molecule has 0 aromatic heterocycles. The van der Waals surface area contributed by atoms with E-state index in [0.29, 0.717) is 0 Å². The maximum absolute atomic E-state index is 4.32. The Bertz CT molecular complexity index is 275. The van der Waals surface area contributed by atoms with Crippen LogP contribution >= 0.6 is 0 Å². The first-order valence-electron chi connectivity index (χ1n) is 4.44. The standard InChI is InChI=1S/C11H16N2/c1-10(12-13(2)3)9-11-7-5-4-6-8-11/h4-8H,9H2,1-3H3/b12-10-. The van der Waals surface area contributed by atoms with Crippen molar-refractivity contribution >= 4 is 5.71 Å². The molecule has 0 saturated carbocycles. The topological polar surface area (TPSA) is 15.6 Å². The second kappa shape index (κ2) is 4.65. The minimum Gasteiger partial charge on any atom is -0.303 e. The van der Waals surface area contributed by atoms with Crippen LogP contribution in [0.4, 0.5) is 0 Å². The van der Waals surface area contributed by atoms with E-state index >= 15 is 0 Å². The first-order valence-corrected chi connectivity index (χ1v) is 4.44. The minimum atomic E-state index is 0.930. The van der Waals surface area contributed by atoms with Gasteiger partial charge in [0.15, 0.2) is 0 Å². The average Bonchev–Trinajstić information content (AvgIpc) is 2.04. The highest BCUT2D eigenvalue weighted by atomic mass is 15.4. The largest absolute Gasteiger partial charge is 0.303 e. The van der Waals surface area contributed by atoms with Crippen LogP contribution in [-0.4, -0.2) is 24.8 Å². The summed E-state index contributed by atoms with van der Waals surface area (Å²) >= 11 is 0. The first-order chi connectivity index (χ1) is 6.18. The molecule has 0 atom stereocenters. The fraction of sp³-hybridized carbons (Fsp3) is 0.364. The van der Waals surface area contributed by atoms with Gasteiger partial charge in [-0.2, -0.15) is 5.10 Å². The van der Waals surface area contributed by atoms with Crippen LogP contribution in [0, 0.1) is 0 Å². The Hall–Kier alpha value is -1.31. The highest BCUT2D eigenvalue weighted by Crippen LogP contribution is 2.00. The van der Waals surface area contributed by atoms with Crippen molar-refractivity contribution in [2.24, 2.45) is 5.10 Å². The molecule has 0 radical (unpaired) electrons. The zero-order valence-electron chi connectivity index (χ0n) is 8.49. The minimum absolute atomic E-state index is 0.930. The molecule has 0 fully saturated rings. The molecule has 0 aliphatic rings. The lowest BCUT2D eigenvalue weighted by Gasteiger charge is -2.06. The van der Waals surface area contributed by atoms with Gasteiger partial charge in [-0.1, -0.05) is 30.3 Å². The second-order valence-electron chi connectivity index (χ2n) is 3.34. The molecule has 1 aromatic carbocycles. The van der Waals surface area contributed by atoms with E-state index in [1.807, 2.05) is 32.1 Å². The number of hydrogen-bond acceptors (Lipinski definition) is 2. The van der Waals surface area contributed by atoms with Crippen LogP contribution in [0.5, 0.6) is 0 Å². The van der Waals surface area contributed by atoms with Gasteiger partial charge in [-0.3, -0.25) is 0 Å². The summed E-state index contributed by atoms with van der Waals surface area (Å²) in [5, 5.41) is 6.15. The van der Waals surface area contributed by atoms with Crippen molar-refractivity contribution in [1.82, 2.24) is 5.01 Å². The molecule has 2 heteroatoms. The van der Waals surface area contributed by atoms with Gasteiger partial charge in [-0.25, -0.2) is 0 Å². The zero-order valence-corrected chi connectivity index (χ0v) is 8.49. The maximum Gasteiger partial charge on any atom is 0.0393 e. The van der Waals surface area contributed by atoms with Crippen LogP contribution in [0.1, 0.15) is 12.5 Å². The van der Waals surface area contributed by atoms with Crippen molar-refractivity contribution in [3.63, 3.8) is 0 Å². The Morgan fingerprint density at radius 2 is 1.85 bits per heavy atom. The number of benzene rings is 1. The van der Waals surface area contributed by atoms with Crippen LogP contribution in [-0.2, 0) is 6.42 Å². The molecule has 0 heterocycles. The predicted molar refractivity (Wildman–Crippen MR) is 56.9 cm³/mol. The smallest absolute Gasteiger partial charge is 0.0393 e. The molecule has 0 N–H and O–H groups in total. The molecule has 13 heavy (non-hydrogen) atoms. The molecule has 2 nitrogen and oxygen atoms in total. The molecule has 0 aliphatic carbocycles. The van der Waals surface area contributed by atoms with Gasteiger partial charge in [0.25, 0.3) is 0 Å². The molecule has 0 bridgehead atoms. The molecular formula is C11H16N2. The number of hydrogen-bond donors (Lipinski definition) is 0. The van der Waals surface area contributed by atoms with Crippen molar-refractivity contribution in [2.45, 2.75) is 13.3 Å². The molecular weight excluding hydrogens is 160 g/mol. The van der Waals surface area contributed by atoms with Crippen molar-refractivity contribution in [3.05, 3.63) is 35.9 Å². The second-order valence-corrected chi connectivity index (χ2v) is 3.34. The molecule has 0 saturated heterocycles. The third-order valence-electron chi connectivity index (χ3n) is 1.67. The van der Waals surface area contributed by atoms with Gasteiger partial charge >= 0.3 is 0 Å². The van der Waals surface area contributed by atoms with E-state index in [9.17, 15) is 0 Å². The summed E-state index contributed by atoms with van der Waals surface area (Å²) in [5.74, 6) is 0. The number of rotatable bonds is 3. The summed E-state index contributed by atoms with van der Waals surface area (Å²) in [7, 11) is 3.88. The van der Waals surface area contributed by atoms with Crippen LogP contribution in [0.3, 0.4) is 0 Å². The lowest BCUT2D eigenvalue weighted by molar-refractivity contribution is 0.436. The Kier molecular flexibility index (Phi) is 3.50. The monoisotopic (exact) mass is 176 g/mol. The van der Waals surface area contributed by atoms with Crippen LogP contribution in [0.2, 0.25) is 0 Å². The quantitative estimate of drug-likeness (QED) is 0.509. The number of hydrazone groups is 1. The Balaban J connectivity index is 2.60. The molecule has 1 rings (SSSR count). The molecule has 70 valence electrons. The molecule has 1 aromatic rings. The van der Waals surface area contributed by atoms with Crippen LogP contribution < -0.4 is 0 Å². The first kappa shape index (κ1) is 9.78. The van der Waals surface area contributed by atoms with Crippen LogP contribution in [0.25, 0.3) is 0 Å². The van der Waals surface area contributed by atoms with Gasteiger partial charge in [0, 0.05) is 26.2 Å². The molecule has 0 amide bonds. The van der Waals surface area contributed by atoms with Gasteiger partial charge < -0.3 is 5.01 Å². The van der Waals surface area contributed by atoms with E-state index in [1.54, 1.807) is 0 Å². The van der Waals surface area contributed by atoms with Gasteiger partial charge in [-0.05, 0) is 12.5 Å². The summed E-state index contributed by atoms with van der Waals surface area (Å²) < 4.78 is 0. The van der Waals surface area contributed by atoms with E-state index in [4.69, 9.17) is 0 Å². The lowest BCUT2D eigenvalue weighted by Crippen LogP contribution is -2.08. The SMILES string of the molecule is C/C(Cc1ccccc1)=N/N(C)C.